The minimum atomic E-state index is -0.664. The summed E-state index contributed by atoms with van der Waals surface area (Å²) in [6.07, 6.45) is 1.84. The van der Waals surface area contributed by atoms with Crippen LogP contribution in [0.2, 0.25) is 0 Å². The van der Waals surface area contributed by atoms with Gasteiger partial charge in [0.05, 0.1) is 5.60 Å². The summed E-state index contributed by atoms with van der Waals surface area (Å²) in [6.45, 7) is 6.62. The molecule has 1 fully saturated rings. The van der Waals surface area contributed by atoms with Crippen molar-refractivity contribution in [3.05, 3.63) is 71.8 Å². The van der Waals surface area contributed by atoms with Gasteiger partial charge in [-0.1, -0.05) is 87.9 Å². The Hall–Kier alpha value is -1.64. The van der Waals surface area contributed by atoms with Crippen molar-refractivity contribution in [3.8, 4) is 0 Å². The SMILES string of the molecule is CCCC1(O)[C@@H](C)[C@@H](c2ccccc2)N(C)[C@H](c2ccccc2)[C@@H]1C. The van der Waals surface area contributed by atoms with Gasteiger partial charge < -0.3 is 5.11 Å². The average Bonchev–Trinajstić information content (AvgIpc) is 2.63. The Balaban J connectivity index is 2.10. The van der Waals surface area contributed by atoms with Crippen molar-refractivity contribution in [1.82, 2.24) is 4.90 Å². The monoisotopic (exact) mass is 337 g/mol. The lowest BCUT2D eigenvalue weighted by molar-refractivity contribution is -0.159. The van der Waals surface area contributed by atoms with Crippen molar-refractivity contribution in [2.24, 2.45) is 11.8 Å². The van der Waals surface area contributed by atoms with E-state index < -0.39 is 5.60 Å². The molecular formula is C23H31NO. The average molecular weight is 338 g/mol. The summed E-state index contributed by atoms with van der Waals surface area (Å²) < 4.78 is 0. The molecule has 1 aliphatic rings. The molecule has 0 saturated carbocycles. The van der Waals surface area contributed by atoms with Gasteiger partial charge >= 0.3 is 0 Å². The van der Waals surface area contributed by atoms with E-state index in [0.717, 1.165) is 12.8 Å². The molecule has 1 N–H and O–H groups in total. The molecule has 0 unspecified atom stereocenters. The topological polar surface area (TPSA) is 23.5 Å². The number of hydrogen-bond donors (Lipinski definition) is 1. The van der Waals surface area contributed by atoms with Crippen LogP contribution < -0.4 is 0 Å². The number of likely N-dealkylation sites (tertiary alicyclic amines) is 1. The first-order valence-corrected chi connectivity index (χ1v) is 9.55. The molecule has 0 spiro atoms. The van der Waals surface area contributed by atoms with Crippen LogP contribution >= 0.6 is 0 Å². The summed E-state index contributed by atoms with van der Waals surface area (Å²) in [5, 5.41) is 11.8. The van der Waals surface area contributed by atoms with Crippen LogP contribution in [-0.2, 0) is 0 Å². The van der Waals surface area contributed by atoms with Crippen LogP contribution in [0, 0.1) is 11.8 Å². The van der Waals surface area contributed by atoms with Crippen LogP contribution in [0.25, 0.3) is 0 Å². The summed E-state index contributed by atoms with van der Waals surface area (Å²) in [7, 11) is 2.22. The highest BCUT2D eigenvalue weighted by molar-refractivity contribution is 5.28. The third-order valence-corrected chi connectivity index (χ3v) is 6.33. The van der Waals surface area contributed by atoms with Gasteiger partial charge in [0, 0.05) is 23.9 Å². The highest BCUT2D eigenvalue weighted by Gasteiger charge is 2.53. The Labute approximate surface area is 152 Å². The second-order valence-electron chi connectivity index (χ2n) is 7.70. The molecule has 3 rings (SSSR count). The summed E-state index contributed by atoms with van der Waals surface area (Å²) in [5.41, 5.74) is 1.92. The maximum absolute atomic E-state index is 11.8. The summed E-state index contributed by atoms with van der Waals surface area (Å²) >= 11 is 0. The Kier molecular flexibility index (Phi) is 5.31. The molecule has 2 aromatic rings. The zero-order valence-corrected chi connectivity index (χ0v) is 15.9. The van der Waals surface area contributed by atoms with E-state index in [9.17, 15) is 5.11 Å². The molecule has 0 aliphatic carbocycles. The molecule has 134 valence electrons. The third kappa shape index (κ3) is 3.14. The van der Waals surface area contributed by atoms with Crippen molar-refractivity contribution in [2.45, 2.75) is 51.3 Å². The van der Waals surface area contributed by atoms with Gasteiger partial charge in [0.1, 0.15) is 0 Å². The first kappa shape index (κ1) is 18.2. The van der Waals surface area contributed by atoms with Crippen molar-refractivity contribution in [3.63, 3.8) is 0 Å². The van der Waals surface area contributed by atoms with Crippen LogP contribution in [0.15, 0.2) is 60.7 Å². The number of benzene rings is 2. The lowest BCUT2D eigenvalue weighted by Crippen LogP contribution is -2.57. The van der Waals surface area contributed by atoms with Gasteiger partial charge in [-0.05, 0) is 24.6 Å². The van der Waals surface area contributed by atoms with Crippen molar-refractivity contribution in [1.29, 1.82) is 0 Å². The smallest absolute Gasteiger partial charge is 0.0734 e. The Morgan fingerprint density at radius 2 is 1.24 bits per heavy atom. The van der Waals surface area contributed by atoms with Gasteiger partial charge in [0.25, 0.3) is 0 Å². The van der Waals surface area contributed by atoms with Gasteiger partial charge in [-0.15, -0.1) is 0 Å². The van der Waals surface area contributed by atoms with Crippen molar-refractivity contribution in [2.75, 3.05) is 7.05 Å². The molecule has 0 aromatic heterocycles. The second kappa shape index (κ2) is 7.31. The third-order valence-electron chi connectivity index (χ3n) is 6.33. The fraction of sp³-hybridized carbons (Fsp3) is 0.478. The van der Waals surface area contributed by atoms with E-state index in [1.54, 1.807) is 0 Å². The van der Waals surface area contributed by atoms with Crippen LogP contribution in [0.1, 0.15) is 56.8 Å². The van der Waals surface area contributed by atoms with Gasteiger partial charge in [-0.25, -0.2) is 0 Å². The highest BCUT2D eigenvalue weighted by atomic mass is 16.3. The molecule has 25 heavy (non-hydrogen) atoms. The van der Waals surface area contributed by atoms with Gasteiger partial charge in [-0.2, -0.15) is 0 Å². The Bertz CT molecular complexity index is 616. The molecular weight excluding hydrogens is 306 g/mol. The summed E-state index contributed by atoms with van der Waals surface area (Å²) in [5.74, 6) is 0.352. The van der Waals surface area contributed by atoms with Crippen molar-refractivity contribution >= 4 is 0 Å². The van der Waals surface area contributed by atoms with E-state index in [4.69, 9.17) is 0 Å². The molecule has 4 atom stereocenters. The normalized spacial score (nSPS) is 33.3. The minimum Gasteiger partial charge on any atom is -0.389 e. The fourth-order valence-electron chi connectivity index (χ4n) is 5.04. The zero-order chi connectivity index (χ0) is 18.0. The maximum atomic E-state index is 11.8. The number of rotatable bonds is 4. The van der Waals surface area contributed by atoms with E-state index in [-0.39, 0.29) is 23.9 Å². The first-order chi connectivity index (χ1) is 12.0. The summed E-state index contributed by atoms with van der Waals surface area (Å²) in [6, 6.07) is 21.7. The fourth-order valence-corrected chi connectivity index (χ4v) is 5.04. The van der Waals surface area contributed by atoms with Crippen LogP contribution in [0.5, 0.6) is 0 Å². The van der Waals surface area contributed by atoms with Crippen molar-refractivity contribution < 1.29 is 5.11 Å². The standard InChI is InChI=1S/C23H31NO/c1-5-16-23(25)17(2)21(19-12-8-6-9-13-19)24(4)22(18(23)3)20-14-10-7-11-15-20/h6-15,17-18,21-22,25H,5,16H2,1-4H3/t17-,18-,21-,22-/m0/s1. The Morgan fingerprint density at radius 1 is 0.840 bits per heavy atom. The van der Waals surface area contributed by atoms with E-state index in [0.29, 0.717) is 0 Å². The molecule has 1 saturated heterocycles. The molecule has 2 heteroatoms. The number of nitrogens with zero attached hydrogens (tertiary/aromatic N) is 1. The highest BCUT2D eigenvalue weighted by Crippen LogP contribution is 2.53. The molecule has 0 bridgehead atoms. The number of piperidine rings is 1. The molecule has 1 heterocycles. The van der Waals surface area contributed by atoms with Crippen LogP contribution in [0.3, 0.4) is 0 Å². The predicted octanol–water partition coefficient (Wildman–Crippen LogP) is 5.22. The quantitative estimate of drug-likeness (QED) is 0.827. The Morgan fingerprint density at radius 3 is 1.60 bits per heavy atom. The van der Waals surface area contributed by atoms with E-state index in [2.05, 4.69) is 93.4 Å². The molecule has 2 nitrogen and oxygen atoms in total. The van der Waals surface area contributed by atoms with Crippen LogP contribution in [0.4, 0.5) is 0 Å². The molecule has 0 radical (unpaired) electrons. The predicted molar refractivity (Wildman–Crippen MR) is 104 cm³/mol. The second-order valence-corrected chi connectivity index (χ2v) is 7.70. The van der Waals surface area contributed by atoms with Gasteiger partial charge in [0.15, 0.2) is 0 Å². The van der Waals surface area contributed by atoms with E-state index >= 15 is 0 Å². The molecule has 0 amide bonds. The first-order valence-electron chi connectivity index (χ1n) is 9.55. The van der Waals surface area contributed by atoms with E-state index in [1.807, 2.05) is 0 Å². The van der Waals surface area contributed by atoms with Gasteiger partial charge in [-0.3, -0.25) is 4.90 Å². The lowest BCUT2D eigenvalue weighted by atomic mass is 9.63. The number of hydrogen-bond acceptors (Lipinski definition) is 2. The zero-order valence-electron chi connectivity index (χ0n) is 15.9. The largest absolute Gasteiger partial charge is 0.389 e. The molecule has 2 aromatic carbocycles. The minimum absolute atomic E-state index is 0.176. The number of aliphatic hydroxyl groups is 1. The summed E-state index contributed by atoms with van der Waals surface area (Å²) in [4.78, 5) is 2.48. The lowest BCUT2D eigenvalue weighted by Gasteiger charge is -2.56. The maximum Gasteiger partial charge on any atom is 0.0734 e. The van der Waals surface area contributed by atoms with Crippen LogP contribution in [-0.4, -0.2) is 22.7 Å². The van der Waals surface area contributed by atoms with E-state index in [1.165, 1.54) is 11.1 Å². The van der Waals surface area contributed by atoms with Gasteiger partial charge in [0.2, 0.25) is 0 Å². The molecule has 1 aliphatic heterocycles.